The summed E-state index contributed by atoms with van der Waals surface area (Å²) in [6, 6.07) is 19.6. The van der Waals surface area contributed by atoms with Crippen LogP contribution in [0.2, 0.25) is 0 Å². The quantitative estimate of drug-likeness (QED) is 0.337. The number of hydrogen-bond donors (Lipinski definition) is 0. The van der Waals surface area contributed by atoms with Crippen molar-refractivity contribution in [1.82, 2.24) is 14.8 Å². The Morgan fingerprint density at radius 3 is 2.53 bits per heavy atom. The lowest BCUT2D eigenvalue weighted by Crippen LogP contribution is -2.33. The molecule has 8 heteroatoms. The van der Waals surface area contributed by atoms with E-state index in [1.54, 1.807) is 4.90 Å². The number of nitrogens with zero attached hydrogens (tertiary/aromatic N) is 5. The van der Waals surface area contributed by atoms with Gasteiger partial charge in [0.15, 0.2) is 11.0 Å². The fourth-order valence-corrected chi connectivity index (χ4v) is 4.26. The van der Waals surface area contributed by atoms with Gasteiger partial charge in [-0.25, -0.2) is 0 Å². The van der Waals surface area contributed by atoms with Gasteiger partial charge in [0.2, 0.25) is 5.91 Å². The van der Waals surface area contributed by atoms with Crippen LogP contribution in [0.1, 0.15) is 38.6 Å². The van der Waals surface area contributed by atoms with E-state index in [1.807, 2.05) is 47.0 Å². The average molecular weight is 478 g/mol. The Morgan fingerprint density at radius 2 is 1.88 bits per heavy atom. The van der Waals surface area contributed by atoms with Crippen LogP contribution in [0.15, 0.2) is 59.8 Å². The lowest BCUT2D eigenvalue weighted by molar-refractivity contribution is -0.116. The summed E-state index contributed by atoms with van der Waals surface area (Å²) in [4.78, 5) is 14.7. The number of anilines is 1. The van der Waals surface area contributed by atoms with E-state index in [2.05, 4.69) is 49.2 Å². The van der Waals surface area contributed by atoms with Crippen LogP contribution in [0.3, 0.4) is 0 Å². The first-order valence-corrected chi connectivity index (χ1v) is 12.5. The predicted molar refractivity (Wildman–Crippen MR) is 135 cm³/mol. The number of carbonyl (C=O) groups excluding carboxylic acids is 1. The summed E-state index contributed by atoms with van der Waals surface area (Å²) >= 11 is 1.36. The maximum Gasteiger partial charge on any atom is 0.237 e. The molecular formula is C26H31N5O2S. The van der Waals surface area contributed by atoms with Crippen molar-refractivity contribution < 1.29 is 9.53 Å². The molecule has 1 heterocycles. The predicted octanol–water partition coefficient (Wildman–Crippen LogP) is 5.11. The zero-order valence-corrected chi connectivity index (χ0v) is 20.8. The van der Waals surface area contributed by atoms with Crippen LogP contribution in [-0.4, -0.2) is 33.0 Å². The number of nitriles is 1. The molecule has 0 fully saturated rings. The lowest BCUT2D eigenvalue weighted by Gasteiger charge is -2.21. The number of aromatic nitrogens is 3. The van der Waals surface area contributed by atoms with Crippen molar-refractivity contribution in [2.24, 2.45) is 5.92 Å². The van der Waals surface area contributed by atoms with E-state index in [4.69, 9.17) is 10.00 Å². The molecule has 0 bridgehead atoms. The first-order chi connectivity index (χ1) is 16.5. The smallest absolute Gasteiger partial charge is 0.237 e. The zero-order valence-electron chi connectivity index (χ0n) is 20.0. The minimum absolute atomic E-state index is 0.0700. The minimum Gasteiger partial charge on any atom is -0.486 e. The zero-order chi connectivity index (χ0) is 24.3. The number of ether oxygens (including phenoxy) is 1. The highest BCUT2D eigenvalue weighted by atomic mass is 32.2. The van der Waals surface area contributed by atoms with E-state index < -0.39 is 0 Å². The van der Waals surface area contributed by atoms with Crippen LogP contribution < -0.4 is 9.64 Å². The van der Waals surface area contributed by atoms with Crippen LogP contribution in [0.4, 0.5) is 5.69 Å². The van der Waals surface area contributed by atoms with Crippen molar-refractivity contribution in [3.8, 4) is 11.8 Å². The molecule has 178 valence electrons. The molecule has 1 aromatic heterocycles. The molecule has 0 saturated heterocycles. The second kappa shape index (κ2) is 12.8. The number of para-hydroxylation sites is 1. The minimum atomic E-state index is -0.0700. The van der Waals surface area contributed by atoms with Crippen molar-refractivity contribution in [1.29, 1.82) is 5.26 Å². The van der Waals surface area contributed by atoms with Crippen LogP contribution in [-0.2, 0) is 24.4 Å². The van der Waals surface area contributed by atoms with Gasteiger partial charge in [-0.2, -0.15) is 5.26 Å². The Kier molecular flexibility index (Phi) is 9.53. The highest BCUT2D eigenvalue weighted by molar-refractivity contribution is 7.99. The topological polar surface area (TPSA) is 84.0 Å². The van der Waals surface area contributed by atoms with Gasteiger partial charge in [-0.3, -0.25) is 4.79 Å². The van der Waals surface area contributed by atoms with Gasteiger partial charge < -0.3 is 14.2 Å². The van der Waals surface area contributed by atoms with E-state index in [0.717, 1.165) is 30.2 Å². The van der Waals surface area contributed by atoms with Gasteiger partial charge in [0.25, 0.3) is 0 Å². The number of aryl methyl sites for hydroxylation is 1. The van der Waals surface area contributed by atoms with Gasteiger partial charge in [-0.1, -0.05) is 62.9 Å². The second-order valence-electron chi connectivity index (χ2n) is 8.27. The first-order valence-electron chi connectivity index (χ1n) is 11.5. The number of benzene rings is 2. The molecule has 0 N–H and O–H groups in total. The summed E-state index contributed by atoms with van der Waals surface area (Å²) < 4.78 is 7.99. The van der Waals surface area contributed by atoms with E-state index in [0.29, 0.717) is 24.2 Å². The number of thioether (sulfide) groups is 1. The summed E-state index contributed by atoms with van der Waals surface area (Å²) in [5.41, 5.74) is 2.05. The van der Waals surface area contributed by atoms with Gasteiger partial charge in [-0.15, -0.1) is 10.2 Å². The molecule has 0 spiro atoms. The van der Waals surface area contributed by atoms with Crippen molar-refractivity contribution >= 4 is 23.4 Å². The van der Waals surface area contributed by atoms with Gasteiger partial charge >= 0.3 is 0 Å². The van der Waals surface area contributed by atoms with E-state index in [1.165, 1.54) is 17.3 Å². The number of carbonyl (C=O) groups is 1. The molecule has 3 rings (SSSR count). The normalized spacial score (nSPS) is 10.8. The molecule has 2 aromatic carbocycles. The molecule has 34 heavy (non-hydrogen) atoms. The molecule has 0 aliphatic rings. The van der Waals surface area contributed by atoms with E-state index in [-0.39, 0.29) is 18.1 Å². The van der Waals surface area contributed by atoms with Crippen molar-refractivity contribution in [3.05, 3.63) is 66.0 Å². The van der Waals surface area contributed by atoms with Gasteiger partial charge in [-0.05, 0) is 42.2 Å². The molecule has 0 saturated carbocycles. The number of amides is 1. The molecule has 0 aliphatic carbocycles. The van der Waals surface area contributed by atoms with Crippen LogP contribution >= 0.6 is 11.8 Å². The van der Waals surface area contributed by atoms with Gasteiger partial charge in [0, 0.05) is 18.8 Å². The van der Waals surface area contributed by atoms with Crippen LogP contribution in [0.25, 0.3) is 0 Å². The summed E-state index contributed by atoms with van der Waals surface area (Å²) in [6.45, 7) is 7.77. The monoisotopic (exact) mass is 477 g/mol. The Labute approximate surface area is 205 Å². The Hall–Kier alpha value is -3.31. The lowest BCUT2D eigenvalue weighted by atomic mass is 10.2. The summed E-state index contributed by atoms with van der Waals surface area (Å²) in [7, 11) is 0. The Bertz CT molecular complexity index is 1090. The number of rotatable bonds is 12. The average Bonchev–Trinajstić information content (AvgIpc) is 3.23. The highest BCUT2D eigenvalue weighted by Gasteiger charge is 2.19. The van der Waals surface area contributed by atoms with Crippen molar-refractivity contribution in [2.75, 3.05) is 17.2 Å². The van der Waals surface area contributed by atoms with Crippen LogP contribution in [0, 0.1) is 17.2 Å². The van der Waals surface area contributed by atoms with Crippen LogP contribution in [0.5, 0.6) is 5.75 Å². The largest absolute Gasteiger partial charge is 0.486 e. The van der Waals surface area contributed by atoms with Gasteiger partial charge in [0.1, 0.15) is 12.4 Å². The summed E-state index contributed by atoms with van der Waals surface area (Å²) in [6.07, 6.45) is 1.26. The molecule has 0 unspecified atom stereocenters. The molecule has 3 aromatic rings. The van der Waals surface area contributed by atoms with E-state index in [9.17, 15) is 4.79 Å². The molecule has 0 atom stereocenters. The standard InChI is InChI=1S/C26H31N5O2S/c1-4-21-11-13-23(14-12-21)33-18-24-28-29-26(31(24)17-20(2)3)34-19-25(32)30(16-8-15-27)22-9-6-5-7-10-22/h5-7,9-14,20H,4,8,16-19H2,1-3H3. The number of hydrogen-bond acceptors (Lipinski definition) is 6. The molecule has 0 radical (unpaired) electrons. The fourth-order valence-electron chi connectivity index (χ4n) is 3.42. The maximum atomic E-state index is 13.0. The first kappa shape index (κ1) is 25.3. The SMILES string of the molecule is CCc1ccc(OCc2nnc(SCC(=O)N(CCC#N)c3ccccc3)n2CC(C)C)cc1. The maximum absolute atomic E-state index is 13.0. The Balaban J connectivity index is 1.69. The molecule has 0 aliphatic heterocycles. The third-order valence-corrected chi connectivity index (χ3v) is 6.13. The highest BCUT2D eigenvalue weighted by Crippen LogP contribution is 2.23. The fraction of sp³-hybridized carbons (Fsp3) is 0.385. The van der Waals surface area contributed by atoms with Crippen molar-refractivity contribution in [3.63, 3.8) is 0 Å². The summed E-state index contributed by atoms with van der Waals surface area (Å²) in [5.74, 6) is 2.03. The third kappa shape index (κ3) is 7.09. The summed E-state index contributed by atoms with van der Waals surface area (Å²) in [5, 5.41) is 18.4. The van der Waals surface area contributed by atoms with E-state index >= 15 is 0 Å². The molecule has 1 amide bonds. The second-order valence-corrected chi connectivity index (χ2v) is 9.21. The molecular weight excluding hydrogens is 446 g/mol. The van der Waals surface area contributed by atoms with Gasteiger partial charge in [0.05, 0.1) is 18.2 Å². The molecule has 7 nitrogen and oxygen atoms in total. The Morgan fingerprint density at radius 1 is 1.15 bits per heavy atom. The third-order valence-electron chi connectivity index (χ3n) is 5.18. The van der Waals surface area contributed by atoms with Crippen molar-refractivity contribution in [2.45, 2.75) is 51.9 Å².